The summed E-state index contributed by atoms with van der Waals surface area (Å²) in [6, 6.07) is 7.81. The first kappa shape index (κ1) is 17.4. The lowest BCUT2D eigenvalue weighted by Crippen LogP contribution is -2.30. The van der Waals surface area contributed by atoms with Gasteiger partial charge in [-0.2, -0.15) is 0 Å². The molecule has 124 valence electrons. The Morgan fingerprint density at radius 2 is 1.78 bits per heavy atom. The zero-order chi connectivity index (χ0) is 17.2. The summed E-state index contributed by atoms with van der Waals surface area (Å²) in [6.07, 6.45) is -0.0430. The lowest BCUT2D eigenvalue weighted by molar-refractivity contribution is -0.145. The van der Waals surface area contributed by atoms with E-state index in [0.717, 1.165) is 11.1 Å². The Hall–Kier alpha value is -1.97. The number of carbonyl (C=O) groups excluding carboxylic acids is 3. The molecule has 0 amide bonds. The second-order valence-electron chi connectivity index (χ2n) is 6.87. The van der Waals surface area contributed by atoms with Crippen molar-refractivity contribution in [3.8, 4) is 0 Å². The van der Waals surface area contributed by atoms with Crippen molar-refractivity contribution in [3.63, 3.8) is 0 Å². The molecule has 1 aromatic rings. The molecule has 2 atom stereocenters. The highest BCUT2D eigenvalue weighted by Gasteiger charge is 2.45. The number of hydrogen-bond acceptors (Lipinski definition) is 4. The largest absolute Gasteiger partial charge is 0.466 e. The van der Waals surface area contributed by atoms with E-state index in [-0.39, 0.29) is 42.9 Å². The fourth-order valence-corrected chi connectivity index (χ4v) is 3.58. The van der Waals surface area contributed by atoms with Crippen molar-refractivity contribution in [1.82, 2.24) is 0 Å². The monoisotopic (exact) mass is 316 g/mol. The topological polar surface area (TPSA) is 60.4 Å². The quantitative estimate of drug-likeness (QED) is 0.596. The van der Waals surface area contributed by atoms with Gasteiger partial charge < -0.3 is 4.74 Å². The van der Waals surface area contributed by atoms with Crippen LogP contribution in [0.3, 0.4) is 0 Å². The van der Waals surface area contributed by atoms with E-state index in [1.54, 1.807) is 6.92 Å². The highest BCUT2D eigenvalue weighted by molar-refractivity contribution is 5.99. The Kier molecular flexibility index (Phi) is 5.03. The van der Waals surface area contributed by atoms with Crippen LogP contribution in [0.4, 0.5) is 0 Å². The number of rotatable bonds is 6. The summed E-state index contributed by atoms with van der Waals surface area (Å²) < 4.78 is 4.82. The lowest BCUT2D eigenvalue weighted by atomic mass is 9.71. The van der Waals surface area contributed by atoms with E-state index in [9.17, 15) is 14.4 Å². The average Bonchev–Trinajstić information content (AvgIpc) is 2.71. The lowest BCUT2D eigenvalue weighted by Gasteiger charge is -2.31. The molecule has 2 unspecified atom stereocenters. The molecule has 1 aliphatic rings. The molecule has 0 N–H and O–H groups in total. The second-order valence-corrected chi connectivity index (χ2v) is 6.87. The van der Waals surface area contributed by atoms with E-state index < -0.39 is 11.4 Å². The van der Waals surface area contributed by atoms with E-state index >= 15 is 0 Å². The number of Topliss-reactive ketones (excluding diaryl/α,β-unsaturated/α-hetero) is 2. The molecule has 0 aliphatic heterocycles. The Morgan fingerprint density at radius 1 is 1.17 bits per heavy atom. The third-order valence-corrected chi connectivity index (χ3v) is 4.57. The van der Waals surface area contributed by atoms with Gasteiger partial charge in [0, 0.05) is 18.3 Å². The highest BCUT2D eigenvalue weighted by atomic mass is 16.5. The molecular formula is C19H24O4. The average molecular weight is 316 g/mol. The van der Waals surface area contributed by atoms with Crippen molar-refractivity contribution < 1.29 is 19.1 Å². The van der Waals surface area contributed by atoms with Crippen LogP contribution in [0.1, 0.15) is 63.5 Å². The maximum atomic E-state index is 12.7. The molecule has 0 saturated carbocycles. The van der Waals surface area contributed by atoms with Crippen LogP contribution < -0.4 is 0 Å². The van der Waals surface area contributed by atoms with Gasteiger partial charge in [-0.05, 0) is 23.5 Å². The van der Waals surface area contributed by atoms with Crippen LogP contribution in [0.25, 0.3) is 0 Å². The van der Waals surface area contributed by atoms with E-state index in [1.807, 2.05) is 45.0 Å². The Balaban J connectivity index is 2.18. The minimum Gasteiger partial charge on any atom is -0.466 e. The molecule has 4 heteroatoms. The first-order valence-corrected chi connectivity index (χ1v) is 8.07. The first-order chi connectivity index (χ1) is 10.8. The molecule has 0 heterocycles. The van der Waals surface area contributed by atoms with Crippen molar-refractivity contribution in [2.24, 2.45) is 5.41 Å². The number of fused-ring (bicyclic) bond motifs is 1. The Bertz CT molecular complexity index is 630. The minimum absolute atomic E-state index is 0.143. The van der Waals surface area contributed by atoms with Crippen molar-refractivity contribution in [2.45, 2.75) is 52.4 Å². The molecule has 0 bridgehead atoms. The molecule has 0 fully saturated rings. The molecule has 0 spiro atoms. The predicted molar refractivity (Wildman–Crippen MR) is 87.3 cm³/mol. The number of hydrogen-bond donors (Lipinski definition) is 0. The van der Waals surface area contributed by atoms with Crippen molar-refractivity contribution in [3.05, 3.63) is 35.4 Å². The normalized spacial score (nSPS) is 20.3. The minimum atomic E-state index is -0.526. The first-order valence-electron chi connectivity index (χ1n) is 8.07. The summed E-state index contributed by atoms with van der Waals surface area (Å²) in [5.41, 5.74) is 1.54. The maximum Gasteiger partial charge on any atom is 0.313 e. The van der Waals surface area contributed by atoms with Crippen molar-refractivity contribution in [1.29, 1.82) is 0 Å². The van der Waals surface area contributed by atoms with Gasteiger partial charge in [0.25, 0.3) is 0 Å². The van der Waals surface area contributed by atoms with E-state index in [4.69, 9.17) is 4.74 Å². The molecule has 0 aromatic heterocycles. The van der Waals surface area contributed by atoms with Crippen LogP contribution in [0, 0.1) is 5.41 Å². The molecule has 4 nitrogen and oxygen atoms in total. The SMILES string of the molecule is CCOC(=O)CC(=O)CC(C)(C)C1C(=O)C(C)c2ccccc21. The maximum absolute atomic E-state index is 12.7. The van der Waals surface area contributed by atoms with Gasteiger partial charge in [0.2, 0.25) is 0 Å². The molecule has 23 heavy (non-hydrogen) atoms. The van der Waals surface area contributed by atoms with E-state index in [1.165, 1.54) is 0 Å². The number of benzene rings is 1. The summed E-state index contributed by atoms with van der Waals surface area (Å²) in [7, 11) is 0. The molecular weight excluding hydrogens is 292 g/mol. The smallest absolute Gasteiger partial charge is 0.313 e. The zero-order valence-corrected chi connectivity index (χ0v) is 14.2. The molecule has 0 saturated heterocycles. The van der Waals surface area contributed by atoms with Gasteiger partial charge in [0.1, 0.15) is 18.0 Å². The van der Waals surface area contributed by atoms with Crippen LogP contribution in [0.15, 0.2) is 24.3 Å². The van der Waals surface area contributed by atoms with Crippen LogP contribution >= 0.6 is 0 Å². The Morgan fingerprint density at radius 3 is 2.39 bits per heavy atom. The van der Waals surface area contributed by atoms with E-state index in [0.29, 0.717) is 0 Å². The number of carbonyl (C=O) groups is 3. The molecule has 2 rings (SSSR count). The summed E-state index contributed by atoms with van der Waals surface area (Å²) >= 11 is 0. The van der Waals surface area contributed by atoms with Gasteiger partial charge in [-0.3, -0.25) is 14.4 Å². The third-order valence-electron chi connectivity index (χ3n) is 4.57. The molecule has 1 aliphatic carbocycles. The number of ether oxygens (including phenoxy) is 1. The van der Waals surface area contributed by atoms with Crippen LogP contribution in [0.5, 0.6) is 0 Å². The summed E-state index contributed by atoms with van der Waals surface area (Å²) in [5, 5.41) is 0. The highest BCUT2D eigenvalue weighted by Crippen LogP contribution is 2.49. The third kappa shape index (κ3) is 3.52. The van der Waals surface area contributed by atoms with Gasteiger partial charge in [0.15, 0.2) is 0 Å². The van der Waals surface area contributed by atoms with E-state index in [2.05, 4.69) is 0 Å². The standard InChI is InChI=1S/C19H24O4/c1-5-23-16(21)10-13(20)11-19(3,4)17-15-9-7-6-8-14(15)12(2)18(17)22/h6-9,12,17H,5,10-11H2,1-4H3. The van der Waals surface area contributed by atoms with Crippen LogP contribution in [-0.2, 0) is 19.1 Å². The Labute approximate surface area is 137 Å². The predicted octanol–water partition coefficient (Wildman–Crippen LogP) is 3.40. The van der Waals surface area contributed by atoms with Crippen LogP contribution in [-0.4, -0.2) is 24.1 Å². The van der Waals surface area contributed by atoms with Gasteiger partial charge in [-0.15, -0.1) is 0 Å². The number of ketones is 2. The van der Waals surface area contributed by atoms with Crippen molar-refractivity contribution >= 4 is 17.5 Å². The van der Waals surface area contributed by atoms with Gasteiger partial charge in [-0.25, -0.2) is 0 Å². The summed E-state index contributed by atoms with van der Waals surface area (Å²) in [5.74, 6) is -0.978. The zero-order valence-electron chi connectivity index (χ0n) is 14.2. The van der Waals surface area contributed by atoms with Gasteiger partial charge in [-0.1, -0.05) is 45.0 Å². The fourth-order valence-electron chi connectivity index (χ4n) is 3.58. The number of esters is 1. The molecule has 0 radical (unpaired) electrons. The van der Waals surface area contributed by atoms with Crippen molar-refractivity contribution in [2.75, 3.05) is 6.61 Å². The van der Waals surface area contributed by atoms with Crippen LogP contribution in [0.2, 0.25) is 0 Å². The fraction of sp³-hybridized carbons (Fsp3) is 0.526. The summed E-state index contributed by atoms with van der Waals surface area (Å²) in [6.45, 7) is 7.74. The van der Waals surface area contributed by atoms with Gasteiger partial charge >= 0.3 is 5.97 Å². The van der Waals surface area contributed by atoms with Gasteiger partial charge in [0.05, 0.1) is 6.61 Å². The summed E-state index contributed by atoms with van der Waals surface area (Å²) in [4.78, 5) is 36.4. The molecule has 1 aromatic carbocycles. The second kappa shape index (κ2) is 6.65.